The fourth-order valence-corrected chi connectivity index (χ4v) is 6.94. The van der Waals surface area contributed by atoms with Gasteiger partial charge in [0.25, 0.3) is 5.91 Å². The predicted octanol–water partition coefficient (Wildman–Crippen LogP) is 3.50. The van der Waals surface area contributed by atoms with E-state index in [1.54, 1.807) is 28.4 Å². The number of piperazine rings is 1. The van der Waals surface area contributed by atoms with Gasteiger partial charge in [0.1, 0.15) is 0 Å². The topological polar surface area (TPSA) is 92.3 Å². The number of ether oxygens (including phenoxy) is 2. The van der Waals surface area contributed by atoms with Crippen LogP contribution in [0.15, 0.2) is 41.3 Å². The molecule has 12 heteroatoms. The number of benzene rings is 2. The fraction of sp³-hybridized carbons (Fsp3) is 0.440. The minimum absolute atomic E-state index is 0.123. The molecule has 0 saturated carbocycles. The number of anilines is 1. The van der Waals surface area contributed by atoms with E-state index in [1.807, 2.05) is 19.1 Å². The first-order chi connectivity index (χ1) is 17.8. The summed E-state index contributed by atoms with van der Waals surface area (Å²) in [6.45, 7) is 5.40. The SMILES string of the molecule is COCCN(CCOC)S(=O)(=O)c1ccc(C(=O)N2CCN(c3nc4c(C)ccc(Cl)c4s3)CC2)cc1. The van der Waals surface area contributed by atoms with Crippen molar-refractivity contribution < 1.29 is 22.7 Å². The lowest BCUT2D eigenvalue weighted by molar-refractivity contribution is 0.0746. The average Bonchev–Trinajstić information content (AvgIpc) is 3.38. The van der Waals surface area contributed by atoms with Gasteiger partial charge in [-0.05, 0) is 42.8 Å². The third-order valence-corrected chi connectivity index (χ3v) is 9.84. The molecule has 3 aromatic rings. The van der Waals surface area contributed by atoms with Crippen LogP contribution in [0.25, 0.3) is 10.2 Å². The van der Waals surface area contributed by atoms with Gasteiger partial charge in [-0.25, -0.2) is 13.4 Å². The van der Waals surface area contributed by atoms with Crippen molar-refractivity contribution in [1.82, 2.24) is 14.2 Å². The predicted molar refractivity (Wildman–Crippen MR) is 146 cm³/mol. The highest BCUT2D eigenvalue weighted by molar-refractivity contribution is 7.89. The Bertz CT molecular complexity index is 1290. The molecule has 0 spiro atoms. The summed E-state index contributed by atoms with van der Waals surface area (Å²) < 4.78 is 38.6. The molecule has 0 atom stereocenters. The van der Waals surface area contributed by atoms with Crippen LogP contribution in [0.2, 0.25) is 5.02 Å². The van der Waals surface area contributed by atoms with Crippen LogP contribution in [-0.4, -0.2) is 95.2 Å². The molecule has 1 aliphatic heterocycles. The van der Waals surface area contributed by atoms with Crippen LogP contribution in [0.4, 0.5) is 5.13 Å². The number of nitrogens with zero attached hydrogens (tertiary/aromatic N) is 4. The Hall–Kier alpha value is -2.28. The summed E-state index contributed by atoms with van der Waals surface area (Å²) in [5.41, 5.74) is 2.46. The third kappa shape index (κ3) is 6.08. The normalized spacial score (nSPS) is 14.6. The summed E-state index contributed by atoms with van der Waals surface area (Å²) in [4.78, 5) is 22.0. The van der Waals surface area contributed by atoms with Crippen molar-refractivity contribution in [2.45, 2.75) is 11.8 Å². The first-order valence-corrected chi connectivity index (χ1v) is 14.6. The fourth-order valence-electron chi connectivity index (χ4n) is 4.17. The van der Waals surface area contributed by atoms with E-state index >= 15 is 0 Å². The summed E-state index contributed by atoms with van der Waals surface area (Å²) in [6, 6.07) is 9.98. The third-order valence-electron chi connectivity index (χ3n) is 6.35. The van der Waals surface area contributed by atoms with E-state index in [9.17, 15) is 13.2 Å². The van der Waals surface area contributed by atoms with Crippen molar-refractivity contribution in [2.24, 2.45) is 0 Å². The molecular formula is C25H31ClN4O5S2. The molecule has 2 heterocycles. The molecule has 0 bridgehead atoms. The zero-order chi connectivity index (χ0) is 26.6. The first-order valence-electron chi connectivity index (χ1n) is 11.9. The second-order valence-corrected chi connectivity index (χ2v) is 12.1. The van der Waals surface area contributed by atoms with Crippen molar-refractivity contribution in [2.75, 3.05) is 71.6 Å². The highest BCUT2D eigenvalue weighted by Gasteiger charge is 2.27. The maximum Gasteiger partial charge on any atom is 0.253 e. The molecule has 37 heavy (non-hydrogen) atoms. The number of fused-ring (bicyclic) bond motifs is 1. The Morgan fingerprint density at radius 2 is 1.65 bits per heavy atom. The molecule has 9 nitrogen and oxygen atoms in total. The van der Waals surface area contributed by atoms with E-state index in [2.05, 4.69) is 4.90 Å². The van der Waals surface area contributed by atoms with Crippen LogP contribution >= 0.6 is 22.9 Å². The maximum atomic E-state index is 13.1. The van der Waals surface area contributed by atoms with E-state index in [1.165, 1.54) is 30.7 Å². The second kappa shape index (κ2) is 12.1. The van der Waals surface area contributed by atoms with E-state index in [-0.39, 0.29) is 37.1 Å². The number of carbonyl (C=O) groups excluding carboxylic acids is 1. The van der Waals surface area contributed by atoms with Gasteiger partial charge in [0.2, 0.25) is 10.0 Å². The number of amides is 1. The number of halogens is 1. The Labute approximate surface area is 226 Å². The maximum absolute atomic E-state index is 13.1. The van der Waals surface area contributed by atoms with Gasteiger partial charge < -0.3 is 19.3 Å². The Morgan fingerprint density at radius 3 is 2.22 bits per heavy atom. The van der Waals surface area contributed by atoms with Gasteiger partial charge >= 0.3 is 0 Å². The second-order valence-electron chi connectivity index (χ2n) is 8.73. The van der Waals surface area contributed by atoms with E-state index in [0.717, 1.165) is 20.9 Å². The number of aromatic nitrogens is 1. The van der Waals surface area contributed by atoms with Crippen LogP contribution in [0.3, 0.4) is 0 Å². The standard InChI is InChI=1S/C25H31ClN4O5S2/c1-18-4-9-21(26)23-22(18)27-25(36-23)29-12-10-28(11-13-29)24(31)19-5-7-20(8-6-19)37(32,33)30(14-16-34-2)15-17-35-3/h4-9H,10-17H2,1-3H3. The molecule has 0 N–H and O–H groups in total. The molecule has 1 amide bonds. The smallest absolute Gasteiger partial charge is 0.253 e. The lowest BCUT2D eigenvalue weighted by Gasteiger charge is -2.34. The van der Waals surface area contributed by atoms with Gasteiger partial charge in [-0.1, -0.05) is 29.0 Å². The average molecular weight is 567 g/mol. The number of aryl methyl sites for hydroxylation is 1. The Morgan fingerprint density at radius 1 is 1.03 bits per heavy atom. The molecule has 4 rings (SSSR count). The summed E-state index contributed by atoms with van der Waals surface area (Å²) in [7, 11) is -0.692. The van der Waals surface area contributed by atoms with Crippen molar-refractivity contribution in [1.29, 1.82) is 0 Å². The lowest BCUT2D eigenvalue weighted by Crippen LogP contribution is -2.48. The van der Waals surface area contributed by atoms with Crippen LogP contribution in [0.5, 0.6) is 0 Å². The highest BCUT2D eigenvalue weighted by atomic mass is 35.5. The molecule has 1 saturated heterocycles. The number of sulfonamides is 1. The number of hydrogen-bond donors (Lipinski definition) is 0. The number of carbonyl (C=O) groups is 1. The van der Waals surface area contributed by atoms with Crippen molar-refractivity contribution in [3.05, 3.63) is 52.5 Å². The van der Waals surface area contributed by atoms with Crippen LogP contribution in [-0.2, 0) is 19.5 Å². The van der Waals surface area contributed by atoms with Gasteiger partial charge in [0, 0.05) is 59.1 Å². The monoisotopic (exact) mass is 566 g/mol. The number of methoxy groups -OCH3 is 2. The van der Waals surface area contributed by atoms with Crippen molar-refractivity contribution >= 4 is 54.2 Å². The van der Waals surface area contributed by atoms with Crippen molar-refractivity contribution in [3.8, 4) is 0 Å². The van der Waals surface area contributed by atoms with Crippen LogP contribution in [0.1, 0.15) is 15.9 Å². The Kier molecular flexibility index (Phi) is 9.04. The lowest BCUT2D eigenvalue weighted by atomic mass is 10.2. The quantitative estimate of drug-likeness (QED) is 0.371. The zero-order valence-electron chi connectivity index (χ0n) is 21.1. The van der Waals surface area contributed by atoms with Crippen molar-refractivity contribution in [3.63, 3.8) is 0 Å². The van der Waals surface area contributed by atoms with Gasteiger partial charge in [0.05, 0.1) is 33.3 Å². The summed E-state index contributed by atoms with van der Waals surface area (Å²) in [5, 5.41) is 1.60. The summed E-state index contributed by atoms with van der Waals surface area (Å²) in [5.74, 6) is -0.123. The van der Waals surface area contributed by atoms with E-state index < -0.39 is 10.0 Å². The zero-order valence-corrected chi connectivity index (χ0v) is 23.5. The number of hydrogen-bond acceptors (Lipinski definition) is 8. The Balaban J connectivity index is 1.41. The largest absolute Gasteiger partial charge is 0.383 e. The number of thiazole rings is 1. The molecule has 0 unspecified atom stereocenters. The first kappa shape index (κ1) is 27.7. The molecule has 200 valence electrons. The summed E-state index contributed by atoms with van der Waals surface area (Å²) in [6.07, 6.45) is 0. The molecule has 0 aliphatic carbocycles. The molecule has 1 aromatic heterocycles. The molecular weight excluding hydrogens is 536 g/mol. The van der Waals surface area contributed by atoms with Gasteiger partial charge in [0.15, 0.2) is 5.13 Å². The van der Waals surface area contributed by atoms with Gasteiger partial charge in [-0.3, -0.25) is 4.79 Å². The summed E-state index contributed by atoms with van der Waals surface area (Å²) >= 11 is 7.93. The van der Waals surface area contributed by atoms with Gasteiger partial charge in [-0.15, -0.1) is 0 Å². The molecule has 1 fully saturated rings. The van der Waals surface area contributed by atoms with E-state index in [4.69, 9.17) is 26.1 Å². The highest BCUT2D eigenvalue weighted by Crippen LogP contribution is 2.36. The minimum atomic E-state index is -3.74. The molecule has 1 aliphatic rings. The van der Waals surface area contributed by atoms with Gasteiger partial charge in [-0.2, -0.15) is 4.31 Å². The van der Waals surface area contributed by atoms with E-state index in [0.29, 0.717) is 36.8 Å². The molecule has 2 aromatic carbocycles. The number of rotatable bonds is 10. The van der Waals surface area contributed by atoms with Crippen LogP contribution in [0, 0.1) is 6.92 Å². The minimum Gasteiger partial charge on any atom is -0.383 e. The van der Waals surface area contributed by atoms with Crippen LogP contribution < -0.4 is 4.90 Å². The molecule has 0 radical (unpaired) electrons.